The first-order valence-electron chi connectivity index (χ1n) is 8.63. The zero-order chi connectivity index (χ0) is 18.7. The number of hydrogen-bond acceptors (Lipinski definition) is 4. The Morgan fingerprint density at radius 1 is 1.00 bits per heavy atom. The fourth-order valence-electron chi connectivity index (χ4n) is 2.88. The minimum Gasteiger partial charge on any atom is -0.378 e. The van der Waals surface area contributed by atoms with Crippen LogP contribution in [0.4, 0.5) is 11.6 Å². The molecule has 0 spiro atoms. The maximum absolute atomic E-state index is 11.8. The third-order valence-corrected chi connectivity index (χ3v) is 4.52. The molecule has 0 fully saturated rings. The smallest absolute Gasteiger partial charge is 0.254 e. The van der Waals surface area contributed by atoms with E-state index in [9.17, 15) is 4.79 Å². The van der Waals surface area contributed by atoms with Gasteiger partial charge in [0.15, 0.2) is 0 Å². The van der Waals surface area contributed by atoms with E-state index in [1.54, 1.807) is 13.1 Å². The maximum atomic E-state index is 11.8. The predicted octanol–water partition coefficient (Wildman–Crippen LogP) is 2.88. The molecule has 1 heterocycles. The van der Waals surface area contributed by atoms with E-state index in [1.807, 2.05) is 14.1 Å². The van der Waals surface area contributed by atoms with Crippen molar-refractivity contribution < 1.29 is 0 Å². The normalized spacial score (nSPS) is 10.7. The van der Waals surface area contributed by atoms with Crippen molar-refractivity contribution in [2.45, 2.75) is 12.8 Å². The van der Waals surface area contributed by atoms with E-state index < -0.39 is 0 Å². The monoisotopic (exact) mass is 348 g/mol. The lowest BCUT2D eigenvalue weighted by atomic mass is 10.00. The summed E-state index contributed by atoms with van der Waals surface area (Å²) in [6.07, 6.45) is 1.49. The molecule has 5 nitrogen and oxygen atoms in total. The Balaban J connectivity index is 1.80. The standard InChI is InChI=1S/C21H24N4O/c1-24(2)19-9-5-8-17(13-19)16-7-4-6-15(12-16)10-11-18-14-20(26)25(3)21(22)23-18/h4-9,12-14H,10-11H2,1-3H3,(H2,22,23). The molecule has 0 bridgehead atoms. The van der Waals surface area contributed by atoms with Crippen molar-refractivity contribution >= 4 is 11.6 Å². The molecule has 0 radical (unpaired) electrons. The highest BCUT2D eigenvalue weighted by atomic mass is 16.1. The second kappa shape index (κ2) is 7.44. The molecule has 0 amide bonds. The van der Waals surface area contributed by atoms with Gasteiger partial charge in [0, 0.05) is 32.9 Å². The van der Waals surface area contributed by atoms with Crippen LogP contribution < -0.4 is 16.2 Å². The van der Waals surface area contributed by atoms with Crippen LogP contribution in [-0.4, -0.2) is 23.6 Å². The van der Waals surface area contributed by atoms with E-state index in [0.29, 0.717) is 6.42 Å². The highest BCUT2D eigenvalue weighted by Gasteiger charge is 2.05. The van der Waals surface area contributed by atoms with Gasteiger partial charge in [-0.05, 0) is 41.7 Å². The van der Waals surface area contributed by atoms with Gasteiger partial charge in [0.25, 0.3) is 5.56 Å². The van der Waals surface area contributed by atoms with E-state index in [1.165, 1.54) is 26.9 Å². The third-order valence-electron chi connectivity index (χ3n) is 4.52. The Morgan fingerprint density at radius 2 is 1.69 bits per heavy atom. The zero-order valence-corrected chi connectivity index (χ0v) is 15.4. The summed E-state index contributed by atoms with van der Waals surface area (Å²) < 4.78 is 1.35. The average molecular weight is 348 g/mol. The Morgan fingerprint density at radius 3 is 2.38 bits per heavy atom. The SMILES string of the molecule is CN(C)c1cccc(-c2cccc(CCc3cc(=O)n(C)c(N)n3)c2)c1. The van der Waals surface area contributed by atoms with Crippen LogP contribution in [0.5, 0.6) is 0 Å². The van der Waals surface area contributed by atoms with Gasteiger partial charge in [-0.15, -0.1) is 0 Å². The molecule has 0 aliphatic heterocycles. The summed E-state index contributed by atoms with van der Waals surface area (Å²) >= 11 is 0. The van der Waals surface area contributed by atoms with Crippen molar-refractivity contribution in [3.8, 4) is 11.1 Å². The summed E-state index contributed by atoms with van der Waals surface area (Å²) in [5, 5.41) is 0. The molecule has 0 aliphatic rings. The topological polar surface area (TPSA) is 64.2 Å². The lowest BCUT2D eigenvalue weighted by Gasteiger charge is -2.14. The minimum atomic E-state index is -0.123. The van der Waals surface area contributed by atoms with Gasteiger partial charge in [0.2, 0.25) is 5.95 Å². The van der Waals surface area contributed by atoms with E-state index >= 15 is 0 Å². The van der Waals surface area contributed by atoms with Crippen LogP contribution >= 0.6 is 0 Å². The van der Waals surface area contributed by atoms with Crippen LogP contribution in [0.3, 0.4) is 0 Å². The minimum absolute atomic E-state index is 0.123. The van der Waals surface area contributed by atoms with Crippen LogP contribution in [0.2, 0.25) is 0 Å². The van der Waals surface area contributed by atoms with Crippen LogP contribution in [0.25, 0.3) is 11.1 Å². The number of benzene rings is 2. The van der Waals surface area contributed by atoms with Crippen molar-refractivity contribution in [2.24, 2.45) is 7.05 Å². The van der Waals surface area contributed by atoms with Crippen molar-refractivity contribution in [1.29, 1.82) is 0 Å². The van der Waals surface area contributed by atoms with E-state index in [2.05, 4.69) is 58.4 Å². The lowest BCUT2D eigenvalue weighted by Crippen LogP contribution is -2.21. The molecule has 0 saturated carbocycles. The molecule has 0 unspecified atom stereocenters. The molecule has 1 aromatic heterocycles. The van der Waals surface area contributed by atoms with Crippen LogP contribution in [-0.2, 0) is 19.9 Å². The number of nitrogens with zero attached hydrogens (tertiary/aromatic N) is 3. The zero-order valence-electron chi connectivity index (χ0n) is 15.4. The first kappa shape index (κ1) is 17.7. The molecule has 26 heavy (non-hydrogen) atoms. The van der Waals surface area contributed by atoms with Crippen molar-refractivity contribution in [3.05, 3.63) is 76.2 Å². The summed E-state index contributed by atoms with van der Waals surface area (Å²) in [6.45, 7) is 0. The Labute approximate surface area is 153 Å². The first-order valence-corrected chi connectivity index (χ1v) is 8.63. The Kier molecular flexibility index (Phi) is 5.07. The fourth-order valence-corrected chi connectivity index (χ4v) is 2.88. The van der Waals surface area contributed by atoms with Gasteiger partial charge in [0.05, 0.1) is 5.69 Å². The first-order chi connectivity index (χ1) is 12.4. The lowest BCUT2D eigenvalue weighted by molar-refractivity contribution is 0.806. The van der Waals surface area contributed by atoms with Gasteiger partial charge >= 0.3 is 0 Å². The van der Waals surface area contributed by atoms with E-state index in [4.69, 9.17) is 5.73 Å². The molecular formula is C21H24N4O. The number of aryl methyl sites for hydroxylation is 2. The predicted molar refractivity (Wildman–Crippen MR) is 108 cm³/mol. The summed E-state index contributed by atoms with van der Waals surface area (Å²) in [5.41, 5.74) is 11.1. The summed E-state index contributed by atoms with van der Waals surface area (Å²) in [4.78, 5) is 18.2. The van der Waals surface area contributed by atoms with Crippen molar-refractivity contribution in [1.82, 2.24) is 9.55 Å². The number of hydrogen-bond donors (Lipinski definition) is 1. The van der Waals surface area contributed by atoms with Gasteiger partial charge in [-0.3, -0.25) is 9.36 Å². The molecule has 2 aromatic carbocycles. The third kappa shape index (κ3) is 3.94. The summed E-state index contributed by atoms with van der Waals surface area (Å²) in [6, 6.07) is 18.5. The number of aromatic nitrogens is 2. The summed E-state index contributed by atoms with van der Waals surface area (Å²) in [5.74, 6) is 0.252. The number of anilines is 2. The molecule has 0 atom stereocenters. The molecule has 5 heteroatoms. The molecule has 2 N–H and O–H groups in total. The molecule has 0 saturated heterocycles. The second-order valence-electron chi connectivity index (χ2n) is 6.65. The molecule has 0 aliphatic carbocycles. The van der Waals surface area contributed by atoms with Crippen LogP contribution in [0, 0.1) is 0 Å². The van der Waals surface area contributed by atoms with Crippen LogP contribution in [0.15, 0.2) is 59.4 Å². The van der Waals surface area contributed by atoms with Crippen molar-refractivity contribution in [3.63, 3.8) is 0 Å². The Hall–Kier alpha value is -3.08. The summed E-state index contributed by atoms with van der Waals surface area (Å²) in [7, 11) is 5.70. The van der Waals surface area contributed by atoms with Crippen molar-refractivity contribution in [2.75, 3.05) is 24.7 Å². The maximum Gasteiger partial charge on any atom is 0.254 e. The highest BCUT2D eigenvalue weighted by molar-refractivity contribution is 5.68. The average Bonchev–Trinajstić information content (AvgIpc) is 2.64. The van der Waals surface area contributed by atoms with Gasteiger partial charge in [-0.1, -0.05) is 36.4 Å². The van der Waals surface area contributed by atoms with Crippen LogP contribution in [0.1, 0.15) is 11.3 Å². The fraction of sp³-hybridized carbons (Fsp3) is 0.238. The van der Waals surface area contributed by atoms with E-state index in [0.717, 1.165) is 12.1 Å². The quantitative estimate of drug-likeness (QED) is 0.770. The van der Waals surface area contributed by atoms with E-state index in [-0.39, 0.29) is 11.5 Å². The van der Waals surface area contributed by atoms with Gasteiger partial charge < -0.3 is 10.6 Å². The Bertz CT molecular complexity index is 976. The number of rotatable bonds is 5. The number of nitrogens with two attached hydrogens (primary N) is 1. The largest absolute Gasteiger partial charge is 0.378 e. The highest BCUT2D eigenvalue weighted by Crippen LogP contribution is 2.25. The molecular weight excluding hydrogens is 324 g/mol. The molecule has 3 aromatic rings. The van der Waals surface area contributed by atoms with Gasteiger partial charge in [-0.2, -0.15) is 0 Å². The number of nitrogen functional groups attached to an aromatic ring is 1. The molecule has 3 rings (SSSR count). The molecule has 134 valence electrons. The van der Waals surface area contributed by atoms with Gasteiger partial charge in [-0.25, -0.2) is 4.98 Å². The second-order valence-corrected chi connectivity index (χ2v) is 6.65. The van der Waals surface area contributed by atoms with Gasteiger partial charge in [0.1, 0.15) is 0 Å².